The number of anilines is 1. The number of aliphatic hydroxyl groups is 1. The summed E-state index contributed by atoms with van der Waals surface area (Å²) in [5.41, 5.74) is -1.35. The number of aromatic nitrogens is 1. The van der Waals surface area contributed by atoms with Crippen LogP contribution in [0.4, 0.5) is 5.69 Å². The molecule has 2 aromatic heterocycles. The molecule has 0 radical (unpaired) electrons. The van der Waals surface area contributed by atoms with E-state index in [1.807, 2.05) is 13.8 Å². The van der Waals surface area contributed by atoms with E-state index in [1.54, 1.807) is 32.9 Å². The Bertz CT molecular complexity index is 1930. The number of carbonyl (C=O) groups excluding carboxylic acids is 2. The molecule has 1 aliphatic rings. The molecule has 0 spiro atoms. The Morgan fingerprint density at radius 3 is 2.51 bits per heavy atom. The summed E-state index contributed by atoms with van der Waals surface area (Å²) < 4.78 is 28.6. The van der Waals surface area contributed by atoms with Crippen LogP contribution in [0.3, 0.4) is 0 Å². The third-order valence-electron chi connectivity index (χ3n) is 8.33. The highest BCUT2D eigenvalue weighted by Crippen LogP contribution is 2.41. The maximum absolute atomic E-state index is 13.1. The first-order chi connectivity index (χ1) is 23.1. The number of aromatic hydroxyl groups is 2. The number of phenols is 1. The van der Waals surface area contributed by atoms with Crippen LogP contribution in [0.5, 0.6) is 17.2 Å². The van der Waals surface area contributed by atoms with Gasteiger partial charge in [-0.3, -0.25) is 4.79 Å². The number of carbonyl (C=O) groups is 2. The fourth-order valence-electron chi connectivity index (χ4n) is 5.70. The molecule has 262 valence electrons. The standard InChI is InChI=1S/C35H39ClN2O11/c1-16(2)7-9-18-15-19(10-13-22(18)39)31(42)38-25-26(40)20-11-14-23(24(36)28(20)47-33(25)44)46-34-27(41)29(30(45-6)35(4,5)49-34)48-32(43)21-12-8-17(3)37-21/h8,10-16,27,29-30,34,37,39-41H,7,9H2,1-6H3,(H,38,42)/t27-,29+,30-,34-/m1/s1. The minimum absolute atomic E-state index is 0.0199. The molecule has 5 N–H and O–H groups in total. The number of rotatable bonds is 10. The topological polar surface area (TPSA) is 190 Å². The average molecular weight is 699 g/mol. The molecule has 14 heteroatoms. The summed E-state index contributed by atoms with van der Waals surface area (Å²) in [5.74, 6) is -1.69. The zero-order valence-electron chi connectivity index (χ0n) is 27.8. The Hall–Kier alpha value is -4.56. The molecule has 0 saturated carbocycles. The van der Waals surface area contributed by atoms with E-state index in [1.165, 1.54) is 37.4 Å². The number of fused-ring (bicyclic) bond motifs is 1. The molecule has 1 fully saturated rings. The number of hydrogen-bond acceptors (Lipinski definition) is 11. The van der Waals surface area contributed by atoms with Gasteiger partial charge < -0.3 is 49.0 Å². The molecule has 3 heterocycles. The lowest BCUT2D eigenvalue weighted by Gasteiger charge is -2.47. The molecule has 1 aliphatic heterocycles. The van der Waals surface area contributed by atoms with E-state index in [-0.39, 0.29) is 38.7 Å². The van der Waals surface area contributed by atoms with E-state index in [9.17, 15) is 29.7 Å². The van der Waals surface area contributed by atoms with Crippen LogP contribution >= 0.6 is 11.6 Å². The van der Waals surface area contributed by atoms with Gasteiger partial charge in [0.1, 0.15) is 28.3 Å². The highest BCUT2D eigenvalue weighted by atomic mass is 35.5. The van der Waals surface area contributed by atoms with Crippen LogP contribution in [0.2, 0.25) is 5.02 Å². The van der Waals surface area contributed by atoms with E-state index in [0.717, 1.165) is 12.1 Å². The van der Waals surface area contributed by atoms with Crippen molar-refractivity contribution in [1.82, 2.24) is 4.98 Å². The lowest BCUT2D eigenvalue weighted by atomic mass is 9.89. The van der Waals surface area contributed by atoms with E-state index < -0.39 is 59.1 Å². The third-order valence-corrected chi connectivity index (χ3v) is 8.69. The Morgan fingerprint density at radius 2 is 1.86 bits per heavy atom. The second-order valence-corrected chi connectivity index (χ2v) is 13.3. The summed E-state index contributed by atoms with van der Waals surface area (Å²) in [6.07, 6.45) is -3.79. The zero-order valence-corrected chi connectivity index (χ0v) is 28.6. The lowest BCUT2D eigenvalue weighted by Crippen LogP contribution is -2.65. The van der Waals surface area contributed by atoms with Crippen molar-refractivity contribution >= 4 is 40.1 Å². The number of aryl methyl sites for hydroxylation is 2. The van der Waals surface area contributed by atoms with Gasteiger partial charge in [0.05, 0.1) is 11.0 Å². The minimum atomic E-state index is -1.56. The van der Waals surface area contributed by atoms with Crippen LogP contribution in [0.25, 0.3) is 11.0 Å². The van der Waals surface area contributed by atoms with Crippen LogP contribution < -0.4 is 15.7 Å². The predicted octanol–water partition coefficient (Wildman–Crippen LogP) is 5.45. The minimum Gasteiger partial charge on any atom is -0.508 e. The van der Waals surface area contributed by atoms with E-state index >= 15 is 0 Å². The van der Waals surface area contributed by atoms with E-state index in [4.69, 9.17) is 35.0 Å². The van der Waals surface area contributed by atoms with E-state index in [0.29, 0.717) is 17.9 Å². The molecule has 1 saturated heterocycles. The van der Waals surface area contributed by atoms with Crippen LogP contribution in [-0.4, -0.2) is 69.5 Å². The van der Waals surface area contributed by atoms with Crippen LogP contribution in [-0.2, 0) is 20.6 Å². The first kappa shape index (κ1) is 35.7. The van der Waals surface area contributed by atoms with Crippen molar-refractivity contribution in [3.8, 4) is 17.2 Å². The van der Waals surface area contributed by atoms with Crippen LogP contribution in [0.1, 0.15) is 66.2 Å². The molecular formula is C35H39ClN2O11. The van der Waals surface area contributed by atoms with Gasteiger partial charge in [-0.25, -0.2) is 9.59 Å². The highest BCUT2D eigenvalue weighted by Gasteiger charge is 2.53. The monoisotopic (exact) mass is 698 g/mol. The zero-order chi connectivity index (χ0) is 35.8. The van der Waals surface area contributed by atoms with Gasteiger partial charge in [-0.15, -0.1) is 0 Å². The van der Waals surface area contributed by atoms with Gasteiger partial charge in [-0.2, -0.15) is 0 Å². The summed E-state index contributed by atoms with van der Waals surface area (Å²) in [6.45, 7) is 9.20. The molecular weight excluding hydrogens is 660 g/mol. The number of H-pyrrole nitrogens is 1. The van der Waals surface area contributed by atoms with Gasteiger partial charge in [0.25, 0.3) is 5.91 Å². The van der Waals surface area contributed by atoms with Crippen LogP contribution in [0, 0.1) is 12.8 Å². The molecule has 4 aromatic rings. The number of nitrogens with one attached hydrogen (secondary N) is 2. The number of amides is 1. The molecule has 0 aliphatic carbocycles. The largest absolute Gasteiger partial charge is 0.508 e. The Kier molecular flexibility index (Phi) is 10.3. The van der Waals surface area contributed by atoms with Gasteiger partial charge in [-0.05, 0) is 87.6 Å². The van der Waals surface area contributed by atoms with Crippen molar-refractivity contribution in [2.75, 3.05) is 12.4 Å². The molecule has 49 heavy (non-hydrogen) atoms. The summed E-state index contributed by atoms with van der Waals surface area (Å²) in [6, 6.07) is 10.3. The smallest absolute Gasteiger partial charge is 0.364 e. The van der Waals surface area contributed by atoms with Crippen molar-refractivity contribution in [1.29, 1.82) is 0 Å². The predicted molar refractivity (Wildman–Crippen MR) is 179 cm³/mol. The van der Waals surface area contributed by atoms with Gasteiger partial charge in [0.2, 0.25) is 6.29 Å². The summed E-state index contributed by atoms with van der Waals surface area (Å²) in [4.78, 5) is 41.9. The highest BCUT2D eigenvalue weighted by molar-refractivity contribution is 6.36. The second-order valence-electron chi connectivity index (χ2n) is 12.9. The van der Waals surface area contributed by atoms with Gasteiger partial charge in [0, 0.05) is 18.4 Å². The molecule has 13 nitrogen and oxygen atoms in total. The molecule has 2 aromatic carbocycles. The van der Waals surface area contributed by atoms with Crippen molar-refractivity contribution in [2.45, 2.75) is 77.7 Å². The molecule has 0 bridgehead atoms. The number of benzene rings is 2. The van der Waals surface area contributed by atoms with Crippen molar-refractivity contribution in [3.63, 3.8) is 0 Å². The number of hydrogen-bond donors (Lipinski definition) is 5. The number of aliphatic hydroxyl groups excluding tert-OH is 1. The SMILES string of the molecule is CO[C@@H]1[C@@H](OC(=O)c2ccc(C)[nH]2)[C@@H](O)[C@H](Oc2ccc3c(O)c(NC(=O)c4ccc(O)c(CCC(C)C)c4)c(=O)oc3c2Cl)OC1(C)C. The Morgan fingerprint density at radius 1 is 1.12 bits per heavy atom. The number of ether oxygens (including phenoxy) is 4. The number of aromatic amines is 1. The normalized spacial score (nSPS) is 20.3. The van der Waals surface area contributed by atoms with Gasteiger partial charge >= 0.3 is 11.6 Å². The van der Waals surface area contributed by atoms with Crippen molar-refractivity contribution in [3.05, 3.63) is 80.4 Å². The summed E-state index contributed by atoms with van der Waals surface area (Å²) >= 11 is 6.59. The molecule has 1 amide bonds. The number of halogens is 1. The van der Waals surface area contributed by atoms with Crippen LogP contribution in [0.15, 0.2) is 51.7 Å². The first-order valence-corrected chi connectivity index (χ1v) is 16.0. The van der Waals surface area contributed by atoms with Gasteiger partial charge in [0.15, 0.2) is 29.2 Å². The lowest BCUT2D eigenvalue weighted by molar-refractivity contribution is -0.305. The summed E-state index contributed by atoms with van der Waals surface area (Å²) in [5, 5.41) is 34.7. The van der Waals surface area contributed by atoms with E-state index in [2.05, 4.69) is 10.3 Å². The Balaban J connectivity index is 1.39. The fraction of sp³-hybridized carbons (Fsp3) is 0.400. The number of esters is 1. The quantitative estimate of drug-likeness (QED) is 0.105. The average Bonchev–Trinajstić information content (AvgIpc) is 3.48. The Labute approximate surface area is 286 Å². The third kappa shape index (κ3) is 7.39. The first-order valence-electron chi connectivity index (χ1n) is 15.6. The number of methoxy groups -OCH3 is 1. The van der Waals surface area contributed by atoms with Crippen molar-refractivity contribution in [2.24, 2.45) is 5.92 Å². The van der Waals surface area contributed by atoms with Gasteiger partial charge in [-0.1, -0.05) is 25.4 Å². The summed E-state index contributed by atoms with van der Waals surface area (Å²) in [7, 11) is 1.39. The number of phenolic OH excluding ortho intramolecular Hbond substituents is 1. The van der Waals surface area contributed by atoms with Crippen molar-refractivity contribution < 1.29 is 48.3 Å². The molecule has 4 atom stereocenters. The second kappa shape index (κ2) is 14.1. The molecule has 0 unspecified atom stereocenters. The maximum atomic E-state index is 13.1. The maximum Gasteiger partial charge on any atom is 0.364 e. The molecule has 5 rings (SSSR count). The fourth-order valence-corrected chi connectivity index (χ4v) is 5.95.